The zero-order valence-corrected chi connectivity index (χ0v) is 17.1. The minimum Gasteiger partial charge on any atom is -0.497 e. The van der Waals surface area contributed by atoms with E-state index in [1.165, 1.54) is 0 Å². The Morgan fingerprint density at radius 2 is 1.77 bits per heavy atom. The predicted octanol–water partition coefficient (Wildman–Crippen LogP) is 3.83. The van der Waals surface area contributed by atoms with Crippen molar-refractivity contribution in [3.8, 4) is 11.5 Å². The van der Waals surface area contributed by atoms with Crippen molar-refractivity contribution in [1.82, 2.24) is 5.06 Å². The molecule has 0 bridgehead atoms. The number of hydrogen-bond donors (Lipinski definition) is 1. The molecule has 0 unspecified atom stereocenters. The van der Waals surface area contributed by atoms with Crippen LogP contribution in [-0.2, 0) is 9.68 Å². The average Bonchev–Trinajstić information content (AvgIpc) is 3.19. The average molecular weight is 411 g/mol. The standard InChI is InChI=1S/C22H25N3O5/c1-27-18-7-3-5-16(13-18)20-15-22(30-24-20)9-11-25(12-10-22)29-21(26)23-17-6-4-8-19(14-17)28-2/h3-8,13-14H,9-12,15H2,1-2H3,(H,23,26). The van der Waals surface area contributed by atoms with E-state index in [0.29, 0.717) is 24.5 Å². The van der Waals surface area contributed by atoms with E-state index >= 15 is 0 Å². The van der Waals surface area contributed by atoms with Crippen LogP contribution in [0.25, 0.3) is 0 Å². The van der Waals surface area contributed by atoms with E-state index in [2.05, 4.69) is 10.5 Å². The van der Waals surface area contributed by atoms with Gasteiger partial charge < -0.3 is 19.1 Å². The zero-order chi connectivity index (χ0) is 21.0. The Bertz CT molecular complexity index is 938. The number of carbonyl (C=O) groups is 1. The van der Waals surface area contributed by atoms with Gasteiger partial charge in [0.05, 0.1) is 19.9 Å². The molecule has 0 atom stereocenters. The number of oxime groups is 1. The van der Waals surface area contributed by atoms with Crippen molar-refractivity contribution in [2.45, 2.75) is 24.9 Å². The number of benzene rings is 2. The van der Waals surface area contributed by atoms with Crippen molar-refractivity contribution in [2.75, 3.05) is 32.6 Å². The number of carbonyl (C=O) groups excluding carboxylic acids is 1. The molecule has 2 aromatic rings. The largest absolute Gasteiger partial charge is 0.497 e. The van der Waals surface area contributed by atoms with Crippen molar-refractivity contribution in [3.63, 3.8) is 0 Å². The molecule has 0 aromatic heterocycles. The van der Waals surface area contributed by atoms with Crippen LogP contribution in [0.2, 0.25) is 0 Å². The first kappa shape index (κ1) is 20.0. The Labute approximate surface area is 175 Å². The first-order valence-corrected chi connectivity index (χ1v) is 9.87. The minimum absolute atomic E-state index is 0.346. The molecular formula is C22H25N3O5. The fraction of sp³-hybridized carbons (Fsp3) is 0.364. The molecule has 2 heterocycles. The van der Waals surface area contributed by atoms with Crippen LogP contribution in [0, 0.1) is 0 Å². The third kappa shape index (κ3) is 4.49. The highest BCUT2D eigenvalue weighted by atomic mass is 16.7. The number of ether oxygens (including phenoxy) is 2. The highest BCUT2D eigenvalue weighted by molar-refractivity contribution is 6.02. The molecular weight excluding hydrogens is 386 g/mol. The molecule has 1 saturated heterocycles. The maximum atomic E-state index is 12.2. The summed E-state index contributed by atoms with van der Waals surface area (Å²) >= 11 is 0. The summed E-state index contributed by atoms with van der Waals surface area (Å²) in [6.07, 6.45) is 1.64. The zero-order valence-electron chi connectivity index (χ0n) is 17.1. The highest BCUT2D eigenvalue weighted by Gasteiger charge is 2.43. The highest BCUT2D eigenvalue weighted by Crippen LogP contribution is 2.36. The Morgan fingerprint density at radius 3 is 2.50 bits per heavy atom. The fourth-order valence-corrected chi connectivity index (χ4v) is 3.69. The third-order valence-electron chi connectivity index (χ3n) is 5.40. The second-order valence-corrected chi connectivity index (χ2v) is 7.39. The molecule has 4 rings (SSSR count). The van der Waals surface area contributed by atoms with E-state index in [4.69, 9.17) is 19.1 Å². The summed E-state index contributed by atoms with van der Waals surface area (Å²) in [5, 5.41) is 8.70. The van der Waals surface area contributed by atoms with E-state index in [9.17, 15) is 4.79 Å². The molecule has 0 aliphatic carbocycles. The summed E-state index contributed by atoms with van der Waals surface area (Å²) in [7, 11) is 3.23. The summed E-state index contributed by atoms with van der Waals surface area (Å²) < 4.78 is 10.5. The lowest BCUT2D eigenvalue weighted by molar-refractivity contribution is -0.154. The predicted molar refractivity (Wildman–Crippen MR) is 112 cm³/mol. The van der Waals surface area contributed by atoms with Gasteiger partial charge in [0.1, 0.15) is 17.1 Å². The summed E-state index contributed by atoms with van der Waals surface area (Å²) in [4.78, 5) is 23.5. The summed E-state index contributed by atoms with van der Waals surface area (Å²) in [6.45, 7) is 1.15. The first-order valence-electron chi connectivity index (χ1n) is 9.87. The van der Waals surface area contributed by atoms with Crippen molar-refractivity contribution in [2.24, 2.45) is 5.16 Å². The van der Waals surface area contributed by atoms with E-state index in [1.54, 1.807) is 37.5 Å². The summed E-state index contributed by atoms with van der Waals surface area (Å²) in [5.41, 5.74) is 2.19. The SMILES string of the molecule is COc1cccc(NC(=O)ON2CCC3(CC2)CC(c2cccc(OC)c2)=NO3)c1. The van der Waals surface area contributed by atoms with Crippen LogP contribution in [-0.4, -0.2) is 49.8 Å². The number of nitrogens with zero attached hydrogens (tertiary/aromatic N) is 2. The number of hydrogen-bond acceptors (Lipinski definition) is 7. The van der Waals surface area contributed by atoms with Gasteiger partial charge in [0.2, 0.25) is 0 Å². The monoisotopic (exact) mass is 411 g/mol. The lowest BCUT2D eigenvalue weighted by atomic mass is 9.86. The van der Waals surface area contributed by atoms with E-state index in [1.807, 2.05) is 30.3 Å². The molecule has 0 radical (unpaired) electrons. The molecule has 2 aliphatic rings. The normalized spacial score (nSPS) is 17.7. The van der Waals surface area contributed by atoms with E-state index < -0.39 is 6.09 Å². The molecule has 2 aliphatic heterocycles. The summed E-state index contributed by atoms with van der Waals surface area (Å²) in [5.74, 6) is 1.46. The van der Waals surface area contributed by atoms with Gasteiger partial charge in [-0.15, -0.1) is 5.06 Å². The number of hydroxylamine groups is 2. The number of rotatable bonds is 5. The minimum atomic E-state index is -0.528. The van der Waals surface area contributed by atoms with Crippen LogP contribution in [0.5, 0.6) is 11.5 Å². The van der Waals surface area contributed by atoms with Crippen LogP contribution < -0.4 is 14.8 Å². The second kappa shape index (κ2) is 8.62. The van der Waals surface area contributed by atoms with Gasteiger partial charge in [-0.05, 0) is 24.3 Å². The first-order chi connectivity index (χ1) is 14.6. The molecule has 8 nitrogen and oxygen atoms in total. The van der Waals surface area contributed by atoms with Crippen molar-refractivity contribution in [1.29, 1.82) is 0 Å². The number of amides is 1. The fourth-order valence-electron chi connectivity index (χ4n) is 3.69. The smallest absolute Gasteiger partial charge is 0.430 e. The third-order valence-corrected chi connectivity index (χ3v) is 5.40. The number of anilines is 1. The Hall–Kier alpha value is -3.26. The van der Waals surface area contributed by atoms with Gasteiger partial charge >= 0.3 is 6.09 Å². The summed E-state index contributed by atoms with van der Waals surface area (Å²) in [6, 6.07) is 14.9. The van der Waals surface area contributed by atoms with Crippen LogP contribution in [0.15, 0.2) is 53.7 Å². The van der Waals surface area contributed by atoms with Crippen LogP contribution in [0.1, 0.15) is 24.8 Å². The molecule has 1 amide bonds. The number of methoxy groups -OCH3 is 2. The van der Waals surface area contributed by atoms with Gasteiger partial charge in [-0.2, -0.15) is 0 Å². The molecule has 30 heavy (non-hydrogen) atoms. The van der Waals surface area contributed by atoms with Crippen LogP contribution in [0.4, 0.5) is 10.5 Å². The molecule has 158 valence electrons. The number of piperidine rings is 1. The molecule has 2 aromatic carbocycles. The molecule has 0 saturated carbocycles. The lowest BCUT2D eigenvalue weighted by Crippen LogP contribution is -2.45. The van der Waals surface area contributed by atoms with Crippen LogP contribution in [0.3, 0.4) is 0 Å². The van der Waals surface area contributed by atoms with E-state index in [0.717, 1.165) is 36.3 Å². The topological polar surface area (TPSA) is 81.6 Å². The molecule has 1 spiro atoms. The van der Waals surface area contributed by atoms with Crippen molar-refractivity contribution in [3.05, 3.63) is 54.1 Å². The van der Waals surface area contributed by atoms with Gasteiger partial charge in [-0.25, -0.2) is 4.79 Å². The van der Waals surface area contributed by atoms with Crippen molar-refractivity contribution < 1.29 is 23.9 Å². The van der Waals surface area contributed by atoms with Gasteiger partial charge in [-0.3, -0.25) is 5.32 Å². The van der Waals surface area contributed by atoms with Crippen LogP contribution >= 0.6 is 0 Å². The van der Waals surface area contributed by atoms with Gasteiger partial charge in [0.15, 0.2) is 0 Å². The lowest BCUT2D eigenvalue weighted by Gasteiger charge is -2.35. The Balaban J connectivity index is 1.28. The molecule has 1 fully saturated rings. The van der Waals surface area contributed by atoms with Gasteiger partial charge in [0.25, 0.3) is 0 Å². The maximum absolute atomic E-state index is 12.2. The second-order valence-electron chi connectivity index (χ2n) is 7.39. The van der Waals surface area contributed by atoms with E-state index in [-0.39, 0.29) is 5.60 Å². The molecule has 8 heteroatoms. The van der Waals surface area contributed by atoms with Gasteiger partial charge in [0, 0.05) is 49.7 Å². The van der Waals surface area contributed by atoms with Crippen molar-refractivity contribution >= 4 is 17.5 Å². The Morgan fingerprint density at radius 1 is 1.07 bits per heavy atom. The Kier molecular flexibility index (Phi) is 5.76. The number of nitrogens with one attached hydrogen (secondary N) is 1. The maximum Gasteiger partial charge on any atom is 0.430 e. The quantitative estimate of drug-likeness (QED) is 0.805. The van der Waals surface area contributed by atoms with Gasteiger partial charge in [-0.1, -0.05) is 23.4 Å². The molecule has 1 N–H and O–H groups in total.